The molecule has 0 aliphatic heterocycles. The van der Waals surface area contributed by atoms with Crippen molar-refractivity contribution in [3.63, 3.8) is 0 Å². The lowest BCUT2D eigenvalue weighted by Crippen LogP contribution is -2.34. The lowest BCUT2D eigenvalue weighted by atomic mass is 10.2. The van der Waals surface area contributed by atoms with Crippen molar-refractivity contribution in [2.24, 2.45) is 0 Å². The van der Waals surface area contributed by atoms with Crippen LogP contribution in [-0.2, 0) is 4.79 Å². The van der Waals surface area contributed by atoms with E-state index in [0.29, 0.717) is 5.82 Å². The molecule has 2 rings (SSSR count). The first kappa shape index (κ1) is 17.5. The summed E-state index contributed by atoms with van der Waals surface area (Å²) >= 11 is 1.68. The fourth-order valence-electron chi connectivity index (χ4n) is 2.09. The van der Waals surface area contributed by atoms with Crippen LogP contribution in [0.3, 0.4) is 0 Å². The number of amides is 1. The van der Waals surface area contributed by atoms with Gasteiger partial charge in [0, 0.05) is 0 Å². The minimum atomic E-state index is -0.257. The Hall–Kier alpha value is -1.89. The monoisotopic (exact) mass is 333 g/mol. The number of hydrogen-bond donors (Lipinski definition) is 1. The minimum Gasteiger partial charge on any atom is -0.345 e. The number of aromatic nitrogens is 4. The topological polar surface area (TPSA) is 72.7 Å². The van der Waals surface area contributed by atoms with Gasteiger partial charge in [0.1, 0.15) is 0 Å². The maximum Gasteiger partial charge on any atom is 0.233 e. The molecule has 0 saturated carbocycles. The Kier molecular flexibility index (Phi) is 6.58. The van der Waals surface area contributed by atoms with E-state index in [1.165, 1.54) is 0 Å². The molecule has 1 amide bonds. The zero-order chi connectivity index (χ0) is 16.7. The van der Waals surface area contributed by atoms with E-state index < -0.39 is 0 Å². The van der Waals surface area contributed by atoms with Crippen LogP contribution in [0, 0.1) is 0 Å². The minimum absolute atomic E-state index is 0.0150. The predicted molar refractivity (Wildman–Crippen MR) is 92.5 cm³/mol. The highest BCUT2D eigenvalue weighted by molar-refractivity contribution is 8.00. The number of para-hydroxylation sites is 1. The van der Waals surface area contributed by atoms with Crippen molar-refractivity contribution in [2.75, 3.05) is 5.75 Å². The van der Waals surface area contributed by atoms with Crippen LogP contribution in [-0.4, -0.2) is 37.1 Å². The zero-order valence-corrected chi connectivity index (χ0v) is 14.6. The average Bonchev–Trinajstić information content (AvgIpc) is 3.05. The first-order chi connectivity index (χ1) is 11.1. The van der Waals surface area contributed by atoms with Gasteiger partial charge in [0.05, 0.1) is 17.0 Å². The van der Waals surface area contributed by atoms with Crippen LogP contribution in [0.4, 0.5) is 0 Å². The fourth-order valence-corrected chi connectivity index (χ4v) is 3.12. The molecule has 0 fully saturated rings. The van der Waals surface area contributed by atoms with Gasteiger partial charge in [-0.1, -0.05) is 31.5 Å². The first-order valence-corrected chi connectivity index (χ1v) is 8.94. The van der Waals surface area contributed by atoms with Gasteiger partial charge in [-0.15, -0.1) is 16.9 Å². The molecule has 23 heavy (non-hydrogen) atoms. The summed E-state index contributed by atoms with van der Waals surface area (Å²) in [4.78, 5) is 12.3. The number of carbonyl (C=O) groups excluding carboxylic acids is 1. The van der Waals surface area contributed by atoms with E-state index in [-0.39, 0.29) is 17.2 Å². The Morgan fingerprint density at radius 1 is 1.30 bits per heavy atom. The standard InChI is InChI=1S/C16H23N5OS/c1-4-5-11-23-13(3)16(22)17-12(2)15-18-19-20-21(15)14-9-7-6-8-10-14/h6-10,12-13H,4-5,11H2,1-3H3,(H,17,22)/t12-,13-/m1/s1. The highest BCUT2D eigenvalue weighted by atomic mass is 32.2. The summed E-state index contributed by atoms with van der Waals surface area (Å²) in [6, 6.07) is 9.39. The largest absolute Gasteiger partial charge is 0.345 e. The molecule has 0 aliphatic rings. The van der Waals surface area contributed by atoms with Crippen LogP contribution in [0.5, 0.6) is 0 Å². The molecule has 0 saturated heterocycles. The molecular formula is C16H23N5OS. The molecule has 7 heteroatoms. The number of unbranched alkanes of at least 4 members (excludes halogenated alkanes) is 1. The number of carbonyl (C=O) groups is 1. The number of nitrogens with zero attached hydrogens (tertiary/aromatic N) is 4. The van der Waals surface area contributed by atoms with Crippen molar-refractivity contribution in [1.82, 2.24) is 25.5 Å². The third-order valence-corrected chi connectivity index (χ3v) is 4.71. The van der Waals surface area contributed by atoms with Gasteiger partial charge in [-0.05, 0) is 48.6 Å². The van der Waals surface area contributed by atoms with Gasteiger partial charge in [0.15, 0.2) is 5.82 Å². The van der Waals surface area contributed by atoms with Crippen molar-refractivity contribution in [3.8, 4) is 5.69 Å². The van der Waals surface area contributed by atoms with E-state index in [1.807, 2.05) is 44.2 Å². The first-order valence-electron chi connectivity index (χ1n) is 7.89. The third-order valence-electron chi connectivity index (χ3n) is 3.48. The Balaban J connectivity index is 2.00. The van der Waals surface area contributed by atoms with Crippen LogP contribution in [0.2, 0.25) is 0 Å². The second-order valence-corrected chi connectivity index (χ2v) is 6.83. The molecule has 124 valence electrons. The fraction of sp³-hybridized carbons (Fsp3) is 0.500. The molecule has 2 aromatic rings. The van der Waals surface area contributed by atoms with E-state index in [0.717, 1.165) is 24.3 Å². The smallest absolute Gasteiger partial charge is 0.233 e. The van der Waals surface area contributed by atoms with E-state index in [2.05, 4.69) is 27.8 Å². The summed E-state index contributed by atoms with van der Waals surface area (Å²) in [7, 11) is 0. The molecular weight excluding hydrogens is 310 g/mol. The van der Waals surface area contributed by atoms with Gasteiger partial charge in [0.25, 0.3) is 0 Å². The number of thioether (sulfide) groups is 1. The number of tetrazole rings is 1. The summed E-state index contributed by atoms with van der Waals surface area (Å²) in [5, 5.41) is 14.7. The highest BCUT2D eigenvalue weighted by Gasteiger charge is 2.20. The molecule has 0 spiro atoms. The molecule has 6 nitrogen and oxygen atoms in total. The van der Waals surface area contributed by atoms with Crippen molar-refractivity contribution < 1.29 is 4.79 Å². The van der Waals surface area contributed by atoms with Crippen LogP contribution >= 0.6 is 11.8 Å². The van der Waals surface area contributed by atoms with E-state index in [1.54, 1.807) is 16.4 Å². The van der Waals surface area contributed by atoms with Crippen LogP contribution in [0.1, 0.15) is 45.5 Å². The normalized spacial score (nSPS) is 13.5. The number of rotatable bonds is 8. The molecule has 1 N–H and O–H groups in total. The van der Waals surface area contributed by atoms with Crippen molar-refractivity contribution in [3.05, 3.63) is 36.2 Å². The van der Waals surface area contributed by atoms with Crippen molar-refractivity contribution in [2.45, 2.75) is 44.9 Å². The lowest BCUT2D eigenvalue weighted by Gasteiger charge is -2.17. The SMILES string of the molecule is CCCCS[C@H](C)C(=O)N[C@H](C)c1nnnn1-c1ccccc1. The van der Waals surface area contributed by atoms with Crippen LogP contribution < -0.4 is 5.32 Å². The molecule has 2 atom stereocenters. The van der Waals surface area contributed by atoms with Gasteiger partial charge >= 0.3 is 0 Å². The molecule has 1 aromatic carbocycles. The van der Waals surface area contributed by atoms with E-state index in [9.17, 15) is 4.79 Å². The summed E-state index contributed by atoms with van der Waals surface area (Å²) in [6.07, 6.45) is 2.27. The lowest BCUT2D eigenvalue weighted by molar-refractivity contribution is -0.121. The summed E-state index contributed by atoms with van der Waals surface area (Å²) in [5.74, 6) is 1.64. The van der Waals surface area contributed by atoms with Crippen LogP contribution in [0.15, 0.2) is 30.3 Å². The van der Waals surface area contributed by atoms with Crippen molar-refractivity contribution >= 4 is 17.7 Å². The summed E-state index contributed by atoms with van der Waals surface area (Å²) in [6.45, 7) is 5.98. The quantitative estimate of drug-likeness (QED) is 0.752. The summed E-state index contributed by atoms with van der Waals surface area (Å²) < 4.78 is 1.65. The molecule has 1 heterocycles. The Morgan fingerprint density at radius 3 is 2.74 bits per heavy atom. The Labute approximate surface area is 141 Å². The summed E-state index contributed by atoms with van der Waals surface area (Å²) in [5.41, 5.74) is 0.874. The Bertz CT molecular complexity index is 616. The Morgan fingerprint density at radius 2 is 2.04 bits per heavy atom. The van der Waals surface area contributed by atoms with Gasteiger partial charge in [-0.3, -0.25) is 4.79 Å². The van der Waals surface area contributed by atoms with Gasteiger partial charge in [-0.25, -0.2) is 0 Å². The van der Waals surface area contributed by atoms with Gasteiger partial charge in [-0.2, -0.15) is 4.68 Å². The predicted octanol–water partition coefficient (Wildman–Crippen LogP) is 2.76. The molecule has 0 bridgehead atoms. The van der Waals surface area contributed by atoms with Gasteiger partial charge < -0.3 is 5.32 Å². The molecule has 1 aromatic heterocycles. The maximum absolute atomic E-state index is 12.3. The number of benzene rings is 1. The second kappa shape index (κ2) is 8.67. The van der Waals surface area contributed by atoms with E-state index >= 15 is 0 Å². The molecule has 0 aliphatic carbocycles. The molecule has 0 unspecified atom stereocenters. The van der Waals surface area contributed by atoms with Crippen LogP contribution in [0.25, 0.3) is 5.69 Å². The van der Waals surface area contributed by atoms with Crippen molar-refractivity contribution in [1.29, 1.82) is 0 Å². The number of nitrogens with one attached hydrogen (secondary N) is 1. The highest BCUT2D eigenvalue weighted by Crippen LogP contribution is 2.17. The maximum atomic E-state index is 12.3. The third kappa shape index (κ3) is 4.79. The number of hydrogen-bond acceptors (Lipinski definition) is 5. The molecule has 0 radical (unpaired) electrons. The van der Waals surface area contributed by atoms with E-state index in [4.69, 9.17) is 0 Å². The average molecular weight is 333 g/mol. The second-order valence-electron chi connectivity index (χ2n) is 5.38. The van der Waals surface area contributed by atoms with Gasteiger partial charge in [0.2, 0.25) is 5.91 Å². The zero-order valence-electron chi connectivity index (χ0n) is 13.8.